The van der Waals surface area contributed by atoms with Gasteiger partial charge in [-0.1, -0.05) is 53.2 Å². The van der Waals surface area contributed by atoms with E-state index in [1.807, 2.05) is 19.1 Å². The first kappa shape index (κ1) is 28.3. The lowest BCUT2D eigenvalue weighted by Gasteiger charge is -2.69. The van der Waals surface area contributed by atoms with E-state index in [4.69, 9.17) is 4.74 Å². The number of fused-ring (bicyclic) bond motifs is 7. The van der Waals surface area contributed by atoms with Crippen LogP contribution in [-0.4, -0.2) is 24.1 Å². The van der Waals surface area contributed by atoms with E-state index in [9.17, 15) is 19.6 Å². The Morgan fingerprint density at radius 1 is 1.05 bits per heavy atom. The Labute approximate surface area is 234 Å². The number of hydrogen-bond acceptors (Lipinski definition) is 5. The van der Waals surface area contributed by atoms with E-state index in [1.165, 1.54) is 18.9 Å². The molecule has 0 radical (unpaired) electrons. The number of carbonyl (C=O) groups is 3. The van der Waals surface area contributed by atoms with Gasteiger partial charge in [0.1, 0.15) is 6.07 Å². The fourth-order valence-electron chi connectivity index (χ4n) is 10.4. The molecule has 0 aromatic heterocycles. The molecule has 212 valence electrons. The maximum absolute atomic E-state index is 14.5. The van der Waals surface area contributed by atoms with Crippen molar-refractivity contribution in [1.29, 1.82) is 5.26 Å². The average Bonchev–Trinajstić information content (AvgIpc) is 2.86. The van der Waals surface area contributed by atoms with Crippen molar-refractivity contribution in [2.75, 3.05) is 6.61 Å². The minimum absolute atomic E-state index is 0.0319. The first-order chi connectivity index (χ1) is 18.1. The van der Waals surface area contributed by atoms with Crippen molar-refractivity contribution in [2.24, 2.45) is 50.7 Å². The molecular weight excluding hydrogens is 486 g/mol. The minimum Gasteiger partial charge on any atom is -0.466 e. The van der Waals surface area contributed by atoms with Crippen molar-refractivity contribution in [2.45, 2.75) is 106 Å². The highest BCUT2D eigenvalue weighted by atomic mass is 16.5. The molecule has 5 nitrogen and oxygen atoms in total. The summed E-state index contributed by atoms with van der Waals surface area (Å²) in [6.45, 7) is 15.6. The van der Waals surface area contributed by atoms with Gasteiger partial charge in [-0.05, 0) is 97.4 Å². The maximum Gasteiger partial charge on any atom is 0.302 e. The number of rotatable bonds is 4. The molecule has 39 heavy (non-hydrogen) atoms. The maximum atomic E-state index is 14.5. The highest BCUT2D eigenvalue weighted by Crippen LogP contribution is 2.74. The van der Waals surface area contributed by atoms with Crippen LogP contribution in [0.15, 0.2) is 23.3 Å². The monoisotopic (exact) mass is 533 g/mol. The second kappa shape index (κ2) is 9.15. The van der Waals surface area contributed by atoms with Gasteiger partial charge in [0.25, 0.3) is 0 Å². The fraction of sp³-hybridized carbons (Fsp3) is 0.765. The number of ether oxygens (including phenoxy) is 1. The molecule has 3 fully saturated rings. The molecule has 0 heterocycles. The van der Waals surface area contributed by atoms with E-state index in [-0.39, 0.29) is 62.5 Å². The Balaban J connectivity index is 1.58. The molecule has 0 amide bonds. The summed E-state index contributed by atoms with van der Waals surface area (Å²) in [5, 5.41) is 9.81. The minimum atomic E-state index is -0.459. The standard InChI is InChI=1S/C34H47NO4/c1-21-24-9-11-32(6)27(31(24,5)18-23(20-35)29(21)38)17-26(37)28-25-19-30(3,4)12-14-34(25,15-13-33(28,32)7)10-8-16-39-22(2)36/h17-18,21,24-25,28H,8-16,19H2,1-7H3/t21-,24-,25?,28+,31-,32+,33+,34+/m0/s1. The zero-order chi connectivity index (χ0) is 28.6. The molecule has 5 aliphatic rings. The van der Waals surface area contributed by atoms with E-state index in [0.717, 1.165) is 51.4 Å². The van der Waals surface area contributed by atoms with Crippen molar-refractivity contribution in [3.8, 4) is 6.07 Å². The van der Waals surface area contributed by atoms with E-state index < -0.39 is 5.41 Å². The Morgan fingerprint density at radius 3 is 2.41 bits per heavy atom. The summed E-state index contributed by atoms with van der Waals surface area (Å²) in [6, 6.07) is 2.18. The molecule has 0 saturated heterocycles. The molecule has 5 heteroatoms. The number of Topliss-reactive ketones (excluding diaryl/α,β-unsaturated/α-hetero) is 1. The lowest BCUT2D eigenvalue weighted by Crippen LogP contribution is -2.64. The summed E-state index contributed by atoms with van der Waals surface area (Å²) in [5.74, 6) is 0.168. The van der Waals surface area contributed by atoms with E-state index in [2.05, 4.69) is 40.7 Å². The van der Waals surface area contributed by atoms with Crippen molar-refractivity contribution in [1.82, 2.24) is 0 Å². The van der Waals surface area contributed by atoms with Crippen LogP contribution in [0.5, 0.6) is 0 Å². The van der Waals surface area contributed by atoms with Crippen LogP contribution in [0.3, 0.4) is 0 Å². The SMILES string of the molecule is CC(=O)OCCC[C@]12CCC(C)(C)CC1[C@@H]1C(=O)C=C3[C@@]4(C)C=C(C#N)C(=O)[C@@H](C)[C@@H]4CC[C@@]3(C)[C@]1(C)CC2. The highest BCUT2D eigenvalue weighted by molar-refractivity contribution is 6.02. The third-order valence-corrected chi connectivity index (χ3v) is 12.8. The molecule has 0 spiro atoms. The number of allylic oxidation sites excluding steroid dienone is 4. The van der Waals surface area contributed by atoms with Crippen LogP contribution >= 0.6 is 0 Å². The molecular formula is C34H47NO4. The lowest BCUT2D eigenvalue weighted by atomic mass is 9.34. The third-order valence-electron chi connectivity index (χ3n) is 12.8. The van der Waals surface area contributed by atoms with E-state index in [0.29, 0.717) is 12.5 Å². The van der Waals surface area contributed by atoms with Crippen LogP contribution in [0.4, 0.5) is 0 Å². The molecule has 3 saturated carbocycles. The van der Waals surface area contributed by atoms with Crippen LogP contribution < -0.4 is 0 Å². The highest BCUT2D eigenvalue weighted by Gasteiger charge is 2.68. The predicted molar refractivity (Wildman–Crippen MR) is 150 cm³/mol. The van der Waals surface area contributed by atoms with Gasteiger partial charge in [-0.2, -0.15) is 5.26 Å². The number of esters is 1. The van der Waals surface area contributed by atoms with Crippen molar-refractivity contribution in [3.05, 3.63) is 23.3 Å². The van der Waals surface area contributed by atoms with Crippen molar-refractivity contribution in [3.63, 3.8) is 0 Å². The zero-order valence-electron chi connectivity index (χ0n) is 25.1. The third kappa shape index (κ3) is 4.02. The van der Waals surface area contributed by atoms with Crippen LogP contribution in [-0.2, 0) is 19.1 Å². The van der Waals surface area contributed by atoms with Crippen LogP contribution in [0.1, 0.15) is 106 Å². The van der Waals surface area contributed by atoms with Gasteiger partial charge < -0.3 is 4.74 Å². The van der Waals surface area contributed by atoms with Crippen LogP contribution in [0.2, 0.25) is 0 Å². The van der Waals surface area contributed by atoms with E-state index in [1.54, 1.807) is 0 Å². The molecule has 1 unspecified atom stereocenters. The molecule has 8 atom stereocenters. The van der Waals surface area contributed by atoms with Gasteiger partial charge in [-0.25, -0.2) is 0 Å². The number of ketones is 2. The fourth-order valence-corrected chi connectivity index (χ4v) is 10.4. The first-order valence-electron chi connectivity index (χ1n) is 15.2. The summed E-state index contributed by atoms with van der Waals surface area (Å²) < 4.78 is 5.31. The molecule has 5 aliphatic carbocycles. The number of hydrogen-bond donors (Lipinski definition) is 0. The van der Waals surface area contributed by atoms with Gasteiger partial charge in [0.15, 0.2) is 11.6 Å². The summed E-state index contributed by atoms with van der Waals surface area (Å²) in [5.41, 5.74) is 0.929. The Kier molecular flexibility index (Phi) is 6.64. The summed E-state index contributed by atoms with van der Waals surface area (Å²) in [7, 11) is 0. The van der Waals surface area contributed by atoms with Crippen molar-refractivity contribution < 1.29 is 19.1 Å². The molecule has 0 aromatic carbocycles. The van der Waals surface area contributed by atoms with Crippen LogP contribution in [0.25, 0.3) is 0 Å². The number of carbonyl (C=O) groups excluding carboxylic acids is 3. The molecule has 5 rings (SSSR count). The largest absolute Gasteiger partial charge is 0.466 e. The van der Waals surface area contributed by atoms with Gasteiger partial charge in [0, 0.05) is 24.2 Å². The number of nitrogens with zero attached hydrogens (tertiary/aromatic N) is 1. The number of nitriles is 1. The quantitative estimate of drug-likeness (QED) is 0.283. The van der Waals surface area contributed by atoms with Crippen molar-refractivity contribution >= 4 is 17.5 Å². The molecule has 0 N–H and O–H groups in total. The van der Waals surface area contributed by atoms with Crippen LogP contribution in [0, 0.1) is 62.1 Å². The summed E-state index contributed by atoms with van der Waals surface area (Å²) in [4.78, 5) is 38.8. The zero-order valence-corrected chi connectivity index (χ0v) is 25.1. The topological polar surface area (TPSA) is 84.2 Å². The normalized spacial score (nSPS) is 44.5. The predicted octanol–water partition coefficient (Wildman–Crippen LogP) is 7.16. The lowest BCUT2D eigenvalue weighted by molar-refractivity contribution is -0.171. The smallest absolute Gasteiger partial charge is 0.302 e. The second-order valence-electron chi connectivity index (χ2n) is 15.2. The Morgan fingerprint density at radius 2 is 1.74 bits per heavy atom. The molecule has 0 bridgehead atoms. The summed E-state index contributed by atoms with van der Waals surface area (Å²) in [6.07, 6.45) is 13.1. The van der Waals surface area contributed by atoms with Gasteiger partial charge in [-0.15, -0.1) is 0 Å². The Hall–Kier alpha value is -2.22. The van der Waals surface area contributed by atoms with E-state index >= 15 is 0 Å². The van der Waals surface area contributed by atoms with Gasteiger partial charge in [0.2, 0.25) is 0 Å². The second-order valence-corrected chi connectivity index (χ2v) is 15.2. The Bertz CT molecular complexity index is 1200. The first-order valence-corrected chi connectivity index (χ1v) is 15.2. The molecule has 0 aliphatic heterocycles. The van der Waals surface area contributed by atoms with Gasteiger partial charge >= 0.3 is 5.97 Å². The average molecular weight is 534 g/mol. The van der Waals surface area contributed by atoms with Gasteiger partial charge in [0.05, 0.1) is 12.2 Å². The summed E-state index contributed by atoms with van der Waals surface area (Å²) >= 11 is 0. The molecule has 0 aromatic rings. The van der Waals surface area contributed by atoms with Gasteiger partial charge in [-0.3, -0.25) is 14.4 Å².